The van der Waals surface area contributed by atoms with Gasteiger partial charge in [0.2, 0.25) is 0 Å². The second-order valence-corrected chi connectivity index (χ2v) is 8.29. The molecule has 31 heavy (non-hydrogen) atoms. The maximum atomic E-state index is 14.1. The topological polar surface area (TPSA) is 32.3 Å². The second-order valence-electron chi connectivity index (χ2n) is 8.29. The van der Waals surface area contributed by atoms with Gasteiger partial charge in [-0.2, -0.15) is 0 Å². The van der Waals surface area contributed by atoms with Gasteiger partial charge in [0, 0.05) is 41.8 Å². The molecule has 0 saturated carbocycles. The molecule has 2 aromatic carbocycles. The fourth-order valence-corrected chi connectivity index (χ4v) is 3.39. The molecular weight excluding hydrogens is 394 g/mol. The van der Waals surface area contributed by atoms with Crippen molar-refractivity contribution in [3.05, 3.63) is 83.2 Å². The van der Waals surface area contributed by atoms with E-state index in [4.69, 9.17) is 0 Å². The van der Waals surface area contributed by atoms with E-state index in [1.54, 1.807) is 29.4 Å². The number of rotatable bonds is 8. The molecule has 0 saturated heterocycles. The predicted octanol–water partition coefficient (Wildman–Crippen LogP) is 7.75. The van der Waals surface area contributed by atoms with E-state index < -0.39 is 5.92 Å². The summed E-state index contributed by atoms with van der Waals surface area (Å²) in [5.41, 5.74) is 4.33. The molecule has 1 N–H and O–H groups in total. The van der Waals surface area contributed by atoms with E-state index in [2.05, 4.69) is 25.7 Å². The van der Waals surface area contributed by atoms with Crippen molar-refractivity contribution in [2.24, 2.45) is 0 Å². The van der Waals surface area contributed by atoms with E-state index in [9.17, 15) is 13.6 Å². The summed E-state index contributed by atoms with van der Waals surface area (Å²) < 4.78 is 28.3. The predicted molar refractivity (Wildman–Crippen MR) is 126 cm³/mol. The van der Waals surface area contributed by atoms with Crippen molar-refractivity contribution < 1.29 is 13.6 Å². The average Bonchev–Trinajstić information content (AvgIpc) is 2.70. The van der Waals surface area contributed by atoms with Crippen molar-refractivity contribution >= 4 is 17.3 Å². The molecule has 0 fully saturated rings. The number of benzene rings is 2. The summed E-state index contributed by atoms with van der Waals surface area (Å²) in [6.07, 6.45) is 4.35. The van der Waals surface area contributed by atoms with Gasteiger partial charge in [0.25, 0.3) is 11.8 Å². The Morgan fingerprint density at radius 1 is 1.23 bits per heavy atom. The van der Waals surface area contributed by atoms with Crippen LogP contribution in [0.4, 0.5) is 20.2 Å². The third-order valence-corrected chi connectivity index (χ3v) is 5.25. The minimum Gasteiger partial charge on any atom is -0.324 e. The van der Waals surface area contributed by atoms with Crippen LogP contribution in [0.25, 0.3) is 0 Å². The van der Waals surface area contributed by atoms with E-state index in [1.807, 2.05) is 32.9 Å². The van der Waals surface area contributed by atoms with E-state index >= 15 is 0 Å². The number of hydrogen-bond donors (Lipinski definition) is 1. The monoisotopic (exact) mass is 426 g/mol. The fraction of sp³-hybridized carbons (Fsp3) is 0.346. The van der Waals surface area contributed by atoms with Crippen LogP contribution in [-0.4, -0.2) is 5.91 Å². The molecule has 0 radical (unpaired) electrons. The highest BCUT2D eigenvalue weighted by Gasteiger charge is 2.26. The van der Waals surface area contributed by atoms with Crippen LogP contribution in [0.5, 0.6) is 0 Å². The van der Waals surface area contributed by atoms with Crippen LogP contribution in [-0.2, 0) is 5.92 Å². The third kappa shape index (κ3) is 6.27. The molecule has 1 atom stereocenters. The van der Waals surface area contributed by atoms with Crippen LogP contribution in [0.15, 0.2) is 61.0 Å². The number of anilines is 2. The summed E-state index contributed by atoms with van der Waals surface area (Å²) in [6.45, 7) is 14.7. The standard InChI is InChI=1S/C26H32F2N2O/c1-8-18(5)24-11-10-20(12-19(24)6)25(31)29-22-13-21(26(7,27)28)14-23(15-22)30(9-2)16-17(3)4/h9-16,18H,2,8H2,1,3-7H3,(H,29,31). The number of aryl methyl sites for hydroxylation is 1. The van der Waals surface area contributed by atoms with E-state index in [1.165, 1.54) is 17.7 Å². The fourth-order valence-electron chi connectivity index (χ4n) is 3.39. The maximum absolute atomic E-state index is 14.1. The first-order valence-corrected chi connectivity index (χ1v) is 10.5. The largest absolute Gasteiger partial charge is 0.324 e. The van der Waals surface area contributed by atoms with Crippen LogP contribution in [0.2, 0.25) is 0 Å². The SMILES string of the molecule is C=CN(C=C(C)C)c1cc(NC(=O)c2ccc(C(C)CC)c(C)c2)cc(C(C)(F)F)c1. The summed E-state index contributed by atoms with van der Waals surface area (Å²) in [5, 5.41) is 2.78. The average molecular weight is 427 g/mol. The smallest absolute Gasteiger partial charge is 0.270 e. The number of hydrogen-bond acceptors (Lipinski definition) is 2. The molecule has 0 bridgehead atoms. The minimum absolute atomic E-state index is 0.183. The molecule has 1 amide bonds. The number of allylic oxidation sites excluding steroid dienone is 1. The molecule has 3 nitrogen and oxygen atoms in total. The summed E-state index contributed by atoms with van der Waals surface area (Å²) in [5.74, 6) is -2.99. The van der Waals surface area contributed by atoms with Gasteiger partial charge >= 0.3 is 0 Å². The van der Waals surface area contributed by atoms with E-state index in [0.717, 1.165) is 24.5 Å². The zero-order chi connectivity index (χ0) is 23.3. The Kier molecular flexibility index (Phi) is 7.77. The van der Waals surface area contributed by atoms with Gasteiger partial charge in [0.05, 0.1) is 0 Å². The van der Waals surface area contributed by atoms with Gasteiger partial charge in [0.1, 0.15) is 0 Å². The Labute approximate surface area is 184 Å². The molecule has 2 rings (SSSR count). The Balaban J connectivity index is 2.42. The number of alkyl halides is 2. The number of halogens is 2. The van der Waals surface area contributed by atoms with Crippen molar-refractivity contribution in [2.75, 3.05) is 10.2 Å². The highest BCUT2D eigenvalue weighted by molar-refractivity contribution is 6.04. The van der Waals surface area contributed by atoms with Gasteiger partial charge in [0.15, 0.2) is 0 Å². The number of amides is 1. The molecule has 2 aromatic rings. The number of nitrogens with one attached hydrogen (secondary N) is 1. The van der Waals surface area contributed by atoms with Crippen molar-refractivity contribution in [2.45, 2.75) is 59.8 Å². The summed E-state index contributed by atoms with van der Waals surface area (Å²) in [4.78, 5) is 14.5. The van der Waals surface area contributed by atoms with Gasteiger partial charge in [-0.15, -0.1) is 0 Å². The lowest BCUT2D eigenvalue weighted by atomic mass is 9.93. The van der Waals surface area contributed by atoms with Crippen molar-refractivity contribution in [3.63, 3.8) is 0 Å². The van der Waals surface area contributed by atoms with Crippen LogP contribution in [0, 0.1) is 6.92 Å². The summed E-state index contributed by atoms with van der Waals surface area (Å²) in [7, 11) is 0. The number of nitrogens with zero attached hydrogens (tertiary/aromatic N) is 1. The Bertz CT molecular complexity index is 985. The molecule has 1 unspecified atom stereocenters. The normalized spacial score (nSPS) is 12.1. The first-order valence-electron chi connectivity index (χ1n) is 10.5. The van der Waals surface area contributed by atoms with Gasteiger partial charge < -0.3 is 10.2 Å². The molecule has 0 aliphatic rings. The van der Waals surface area contributed by atoms with Crippen molar-refractivity contribution in [3.8, 4) is 0 Å². The molecule has 0 aromatic heterocycles. The lowest BCUT2D eigenvalue weighted by molar-refractivity contribution is 0.0175. The number of carbonyl (C=O) groups is 1. The summed E-state index contributed by atoms with van der Waals surface area (Å²) >= 11 is 0. The summed E-state index contributed by atoms with van der Waals surface area (Å²) in [6, 6.07) is 9.97. The Hall–Kier alpha value is -2.95. The molecule has 5 heteroatoms. The first kappa shape index (κ1) is 24.3. The van der Waals surface area contributed by atoms with Crippen LogP contribution in [0.3, 0.4) is 0 Å². The van der Waals surface area contributed by atoms with E-state index in [-0.39, 0.29) is 11.5 Å². The van der Waals surface area contributed by atoms with E-state index in [0.29, 0.717) is 22.9 Å². The lowest BCUT2D eigenvalue weighted by Crippen LogP contribution is -2.16. The lowest BCUT2D eigenvalue weighted by Gasteiger charge is -2.21. The molecule has 0 heterocycles. The van der Waals surface area contributed by atoms with Crippen LogP contribution in [0.1, 0.15) is 74.0 Å². The second kappa shape index (κ2) is 9.90. The third-order valence-electron chi connectivity index (χ3n) is 5.25. The van der Waals surface area contributed by atoms with Gasteiger partial charge in [-0.05, 0) is 74.6 Å². The number of carbonyl (C=O) groups excluding carboxylic acids is 1. The van der Waals surface area contributed by atoms with Crippen LogP contribution >= 0.6 is 0 Å². The maximum Gasteiger partial charge on any atom is 0.270 e. The van der Waals surface area contributed by atoms with Gasteiger partial charge in [-0.25, -0.2) is 8.78 Å². The highest BCUT2D eigenvalue weighted by atomic mass is 19.3. The molecule has 0 aliphatic carbocycles. The van der Waals surface area contributed by atoms with Gasteiger partial charge in [-0.1, -0.05) is 32.1 Å². The highest BCUT2D eigenvalue weighted by Crippen LogP contribution is 2.34. The first-order chi connectivity index (χ1) is 14.5. The Morgan fingerprint density at radius 3 is 2.42 bits per heavy atom. The Morgan fingerprint density at radius 2 is 1.90 bits per heavy atom. The van der Waals surface area contributed by atoms with Gasteiger partial charge in [-0.3, -0.25) is 4.79 Å². The molecule has 0 aliphatic heterocycles. The van der Waals surface area contributed by atoms with Crippen LogP contribution < -0.4 is 10.2 Å². The zero-order valence-electron chi connectivity index (χ0n) is 19.2. The zero-order valence-corrected chi connectivity index (χ0v) is 19.2. The minimum atomic E-state index is -3.05. The van der Waals surface area contributed by atoms with Crippen molar-refractivity contribution in [1.29, 1.82) is 0 Å². The molecule has 0 spiro atoms. The molecular formula is C26H32F2N2O. The quantitative estimate of drug-likeness (QED) is 0.468. The van der Waals surface area contributed by atoms with Crippen molar-refractivity contribution in [1.82, 2.24) is 0 Å². The molecule has 166 valence electrons.